The fraction of sp³-hybridized carbons (Fsp3) is 0.455. The molecule has 0 fully saturated rings. The molecule has 0 aliphatic rings. The molecule has 0 spiro atoms. The van der Waals surface area contributed by atoms with Crippen LogP contribution in [0.15, 0.2) is 18.2 Å². The fourth-order valence-corrected chi connectivity index (χ4v) is 1.06. The van der Waals surface area contributed by atoms with Crippen molar-refractivity contribution < 1.29 is 13.9 Å². The van der Waals surface area contributed by atoms with Crippen LogP contribution in [0.4, 0.5) is 4.39 Å². The van der Waals surface area contributed by atoms with Crippen molar-refractivity contribution in [3.05, 3.63) is 24.0 Å². The third-order valence-corrected chi connectivity index (χ3v) is 1.55. The molecule has 0 amide bonds. The number of halogens is 1. The normalized spacial score (nSPS) is 11.2. The first-order valence-corrected chi connectivity index (χ1v) is 4.45. The summed E-state index contributed by atoms with van der Waals surface area (Å²) in [6.07, 6.45) is 0. The van der Waals surface area contributed by atoms with Crippen LogP contribution >= 0.6 is 0 Å². The summed E-state index contributed by atoms with van der Waals surface area (Å²) in [7, 11) is 1.43. The van der Waals surface area contributed by atoms with E-state index in [-0.39, 0.29) is 11.4 Å². The molecule has 2 nitrogen and oxygen atoms in total. The quantitative estimate of drug-likeness (QED) is 0.727. The number of benzene rings is 1. The third-order valence-electron chi connectivity index (χ3n) is 1.55. The maximum atomic E-state index is 13.2. The van der Waals surface area contributed by atoms with Gasteiger partial charge in [-0.3, -0.25) is 0 Å². The van der Waals surface area contributed by atoms with Gasteiger partial charge in [-0.15, -0.1) is 0 Å². The number of ether oxygens (including phenoxy) is 2. The highest BCUT2D eigenvalue weighted by Gasteiger charge is 2.13. The zero-order chi connectivity index (χ0) is 10.8. The lowest BCUT2D eigenvalue weighted by molar-refractivity contribution is 0.130. The lowest BCUT2D eigenvalue weighted by Crippen LogP contribution is -2.22. The SMILES string of the molecule is COc1ccc(OC(C)(C)C)cc1F. The minimum atomic E-state index is -0.408. The molecule has 0 aromatic heterocycles. The van der Waals surface area contributed by atoms with E-state index in [1.807, 2.05) is 20.8 Å². The highest BCUT2D eigenvalue weighted by Crippen LogP contribution is 2.24. The van der Waals surface area contributed by atoms with Crippen molar-refractivity contribution in [3.8, 4) is 11.5 Å². The van der Waals surface area contributed by atoms with Crippen LogP contribution < -0.4 is 9.47 Å². The van der Waals surface area contributed by atoms with Crippen molar-refractivity contribution in [1.29, 1.82) is 0 Å². The molecule has 0 unspecified atom stereocenters. The Labute approximate surface area is 83.6 Å². The molecule has 1 rings (SSSR count). The van der Waals surface area contributed by atoms with Gasteiger partial charge in [0.2, 0.25) is 0 Å². The van der Waals surface area contributed by atoms with Crippen molar-refractivity contribution in [2.24, 2.45) is 0 Å². The minimum absolute atomic E-state index is 0.228. The molecule has 0 saturated heterocycles. The van der Waals surface area contributed by atoms with Gasteiger partial charge in [0.1, 0.15) is 11.4 Å². The third kappa shape index (κ3) is 2.91. The van der Waals surface area contributed by atoms with Crippen molar-refractivity contribution in [2.75, 3.05) is 7.11 Å². The summed E-state index contributed by atoms with van der Waals surface area (Å²) in [5, 5.41) is 0. The lowest BCUT2D eigenvalue weighted by atomic mass is 10.2. The van der Waals surface area contributed by atoms with Crippen molar-refractivity contribution in [3.63, 3.8) is 0 Å². The molecule has 0 saturated carbocycles. The van der Waals surface area contributed by atoms with E-state index in [0.29, 0.717) is 5.75 Å². The molecule has 0 N–H and O–H groups in total. The number of hydrogen-bond acceptors (Lipinski definition) is 2. The predicted molar refractivity (Wildman–Crippen MR) is 53.3 cm³/mol. The summed E-state index contributed by atoms with van der Waals surface area (Å²) < 4.78 is 23.5. The summed E-state index contributed by atoms with van der Waals surface area (Å²) in [5.74, 6) is 0.330. The molecular weight excluding hydrogens is 183 g/mol. The summed E-state index contributed by atoms with van der Waals surface area (Å²) in [6, 6.07) is 4.56. The van der Waals surface area contributed by atoms with Gasteiger partial charge in [-0.1, -0.05) is 0 Å². The van der Waals surface area contributed by atoms with Crippen molar-refractivity contribution >= 4 is 0 Å². The molecule has 0 aliphatic carbocycles. The summed E-state index contributed by atoms with van der Waals surface area (Å²) in [4.78, 5) is 0. The summed E-state index contributed by atoms with van der Waals surface area (Å²) in [5.41, 5.74) is -0.318. The van der Waals surface area contributed by atoms with E-state index >= 15 is 0 Å². The van der Waals surface area contributed by atoms with E-state index in [1.54, 1.807) is 12.1 Å². The Kier molecular flexibility index (Phi) is 2.99. The first-order chi connectivity index (χ1) is 6.42. The van der Waals surface area contributed by atoms with Crippen LogP contribution in [0.2, 0.25) is 0 Å². The van der Waals surface area contributed by atoms with E-state index in [4.69, 9.17) is 9.47 Å². The van der Waals surface area contributed by atoms with Crippen LogP contribution in [0.3, 0.4) is 0 Å². The highest BCUT2D eigenvalue weighted by molar-refractivity contribution is 5.33. The summed E-state index contributed by atoms with van der Waals surface area (Å²) >= 11 is 0. The van der Waals surface area contributed by atoms with Crippen LogP contribution in [0, 0.1) is 5.82 Å². The Balaban J connectivity index is 2.87. The number of rotatable bonds is 2. The Bertz CT molecular complexity index is 316. The molecule has 0 aliphatic heterocycles. The van der Waals surface area contributed by atoms with E-state index in [1.165, 1.54) is 13.2 Å². The zero-order valence-electron chi connectivity index (χ0n) is 8.93. The van der Waals surface area contributed by atoms with E-state index in [0.717, 1.165) is 0 Å². The summed E-state index contributed by atoms with van der Waals surface area (Å²) in [6.45, 7) is 5.74. The molecule has 78 valence electrons. The Morgan fingerprint density at radius 2 is 1.86 bits per heavy atom. The van der Waals surface area contributed by atoms with E-state index < -0.39 is 5.82 Å². The molecule has 0 heterocycles. The smallest absolute Gasteiger partial charge is 0.168 e. The van der Waals surface area contributed by atoms with Crippen LogP contribution in [0.5, 0.6) is 11.5 Å². The van der Waals surface area contributed by atoms with Crippen LogP contribution in [-0.4, -0.2) is 12.7 Å². The van der Waals surface area contributed by atoms with Gasteiger partial charge in [0.05, 0.1) is 7.11 Å². The number of methoxy groups -OCH3 is 1. The average Bonchev–Trinajstić information content (AvgIpc) is 2.01. The molecule has 14 heavy (non-hydrogen) atoms. The minimum Gasteiger partial charge on any atom is -0.494 e. The number of hydrogen-bond donors (Lipinski definition) is 0. The molecule has 1 aromatic carbocycles. The second kappa shape index (κ2) is 3.86. The van der Waals surface area contributed by atoms with Gasteiger partial charge in [-0.2, -0.15) is 0 Å². The average molecular weight is 198 g/mol. The molecule has 0 atom stereocenters. The van der Waals surface area contributed by atoms with Gasteiger partial charge in [0.25, 0.3) is 0 Å². The van der Waals surface area contributed by atoms with Crippen LogP contribution in [0.1, 0.15) is 20.8 Å². The Hall–Kier alpha value is -1.25. The lowest BCUT2D eigenvalue weighted by Gasteiger charge is -2.21. The van der Waals surface area contributed by atoms with Crippen molar-refractivity contribution in [1.82, 2.24) is 0 Å². The molecule has 0 bridgehead atoms. The van der Waals surface area contributed by atoms with Gasteiger partial charge in [0.15, 0.2) is 11.6 Å². The monoisotopic (exact) mass is 198 g/mol. The van der Waals surface area contributed by atoms with Gasteiger partial charge >= 0.3 is 0 Å². The fourth-order valence-electron chi connectivity index (χ4n) is 1.06. The zero-order valence-corrected chi connectivity index (χ0v) is 8.93. The molecule has 1 aromatic rings. The first kappa shape index (κ1) is 10.8. The Morgan fingerprint density at radius 3 is 2.29 bits per heavy atom. The van der Waals surface area contributed by atoms with Gasteiger partial charge in [0, 0.05) is 6.07 Å². The standard InChI is InChI=1S/C11H15FO2/c1-11(2,3)14-8-5-6-10(13-4)9(12)7-8/h5-7H,1-4H3. The van der Waals surface area contributed by atoms with E-state index in [2.05, 4.69) is 0 Å². The van der Waals surface area contributed by atoms with Gasteiger partial charge < -0.3 is 9.47 Å². The first-order valence-electron chi connectivity index (χ1n) is 4.45. The topological polar surface area (TPSA) is 18.5 Å². The van der Waals surface area contributed by atoms with Gasteiger partial charge in [-0.25, -0.2) is 4.39 Å². The van der Waals surface area contributed by atoms with Crippen LogP contribution in [0.25, 0.3) is 0 Å². The second-order valence-corrected chi connectivity index (χ2v) is 4.01. The van der Waals surface area contributed by atoms with Gasteiger partial charge in [-0.05, 0) is 32.9 Å². The highest BCUT2D eigenvalue weighted by atomic mass is 19.1. The van der Waals surface area contributed by atoms with Crippen molar-refractivity contribution in [2.45, 2.75) is 26.4 Å². The van der Waals surface area contributed by atoms with E-state index in [9.17, 15) is 4.39 Å². The second-order valence-electron chi connectivity index (χ2n) is 4.01. The maximum Gasteiger partial charge on any atom is 0.168 e. The largest absolute Gasteiger partial charge is 0.494 e. The van der Waals surface area contributed by atoms with Crippen LogP contribution in [-0.2, 0) is 0 Å². The molecule has 3 heteroatoms. The molecular formula is C11H15FO2. The Morgan fingerprint density at radius 1 is 1.21 bits per heavy atom. The maximum absolute atomic E-state index is 13.2. The predicted octanol–water partition coefficient (Wildman–Crippen LogP) is 3.01. The molecule has 0 radical (unpaired) electrons.